The van der Waals surface area contributed by atoms with Crippen LogP contribution in [-0.4, -0.2) is 22.5 Å². The van der Waals surface area contributed by atoms with Crippen molar-refractivity contribution in [2.45, 2.75) is 84.6 Å². The summed E-state index contributed by atoms with van der Waals surface area (Å²) in [6.45, 7) is 2.65. The minimum atomic E-state index is -3.91. The Morgan fingerprint density at radius 2 is 1.45 bits per heavy atom. The molecule has 0 aliphatic rings. The Morgan fingerprint density at radius 1 is 0.897 bits per heavy atom. The second kappa shape index (κ2) is 15.0. The van der Waals surface area contributed by atoms with E-state index >= 15 is 0 Å². The average molecular weight is 456 g/mol. The third-order valence-electron chi connectivity index (χ3n) is 3.94. The van der Waals surface area contributed by atoms with E-state index in [-0.39, 0.29) is 25.6 Å². The van der Waals surface area contributed by atoms with E-state index in [0.717, 1.165) is 60.7 Å². The molecule has 1 aromatic rings. The highest BCUT2D eigenvalue weighted by Gasteiger charge is 2.31. The van der Waals surface area contributed by atoms with Crippen LogP contribution in [0.3, 0.4) is 0 Å². The maximum Gasteiger partial charge on any atom is 0.444 e. The third-order valence-corrected chi connectivity index (χ3v) is 6.86. The number of aromatic nitrogens is 2. The predicted octanol–water partition coefficient (Wildman–Crippen LogP) is 4.48. The highest BCUT2D eigenvalue weighted by molar-refractivity contribution is 8.54. The first-order chi connectivity index (χ1) is 14.0. The van der Waals surface area contributed by atoms with Gasteiger partial charge in [0, 0.05) is 0 Å². The first-order valence-corrected chi connectivity index (χ1v) is 13.3. The van der Waals surface area contributed by atoms with Gasteiger partial charge in [-0.3, -0.25) is 0 Å². The van der Waals surface area contributed by atoms with Crippen LogP contribution < -0.4 is 11.4 Å². The van der Waals surface area contributed by atoms with Gasteiger partial charge in [0.2, 0.25) is 0 Å². The summed E-state index contributed by atoms with van der Waals surface area (Å²) in [4.78, 5) is 33.9. The Kier molecular flexibility index (Phi) is 13.6. The van der Waals surface area contributed by atoms with Crippen molar-refractivity contribution in [3.8, 4) is 0 Å². The van der Waals surface area contributed by atoms with Gasteiger partial charge in [0.25, 0.3) is 0 Å². The van der Waals surface area contributed by atoms with Crippen LogP contribution in [0.4, 0.5) is 0 Å². The second-order valence-corrected chi connectivity index (χ2v) is 10.2. The van der Waals surface area contributed by atoms with Gasteiger partial charge in [-0.15, -0.1) is 9.35 Å². The maximum absolute atomic E-state index is 12.9. The van der Waals surface area contributed by atoms with Crippen LogP contribution in [0.25, 0.3) is 0 Å². The molecule has 1 aromatic heterocycles. The average Bonchev–Trinajstić information content (AvgIpc) is 2.99. The first kappa shape index (κ1) is 26.2. The first-order valence-electron chi connectivity index (χ1n) is 10.1. The van der Waals surface area contributed by atoms with Crippen LogP contribution in [0, 0.1) is 0 Å². The molecule has 0 spiro atoms. The molecule has 0 saturated carbocycles. The van der Waals surface area contributed by atoms with Crippen LogP contribution in [0.1, 0.15) is 72.1 Å². The monoisotopic (exact) mass is 456 g/mol. The minimum absolute atomic E-state index is 0.206. The van der Waals surface area contributed by atoms with Crippen molar-refractivity contribution < 1.29 is 28.2 Å². The molecular weight excluding hydrogens is 423 g/mol. The molecule has 0 N–H and O–H groups in total. The summed E-state index contributed by atoms with van der Waals surface area (Å²) in [5.74, 6) is -1.14. The predicted molar refractivity (Wildman–Crippen MR) is 110 cm³/mol. The second-order valence-electron chi connectivity index (χ2n) is 6.38. The van der Waals surface area contributed by atoms with Crippen molar-refractivity contribution >= 4 is 18.2 Å². The van der Waals surface area contributed by atoms with E-state index in [1.54, 1.807) is 6.92 Å². The summed E-state index contributed by atoms with van der Waals surface area (Å²) in [6.07, 6.45) is 7.73. The zero-order chi connectivity index (χ0) is 21.5. The van der Waals surface area contributed by atoms with Crippen LogP contribution in [0.5, 0.6) is 0 Å². The lowest BCUT2D eigenvalue weighted by Gasteiger charge is -2.15. The molecule has 0 aromatic carbocycles. The van der Waals surface area contributed by atoms with E-state index in [0.29, 0.717) is 11.4 Å². The van der Waals surface area contributed by atoms with Crippen molar-refractivity contribution in [2.75, 3.05) is 13.2 Å². The molecule has 170 valence electrons. The largest absolute Gasteiger partial charge is 0.444 e. The molecule has 0 atom stereocenters. The highest BCUT2D eigenvalue weighted by Crippen LogP contribution is 2.61. The van der Waals surface area contributed by atoms with E-state index in [9.17, 15) is 14.2 Å². The van der Waals surface area contributed by atoms with E-state index in [2.05, 4.69) is 13.8 Å². The number of hydrogen-bond donors (Lipinski definition) is 0. The number of hydrogen-bond acceptors (Lipinski definition) is 9. The molecule has 1 rings (SSSR count). The normalized spacial score (nSPS) is 12.0. The Balaban J connectivity index is 2.61. The minimum Gasteiger partial charge on any atom is -0.317 e. The lowest BCUT2D eigenvalue weighted by molar-refractivity contribution is -0.262. The Morgan fingerprint density at radius 3 is 1.90 bits per heavy atom. The van der Waals surface area contributed by atoms with Gasteiger partial charge < -0.3 is 4.52 Å². The molecule has 0 bridgehead atoms. The number of nitrogens with zero attached hydrogens (tertiary/aromatic N) is 2. The van der Waals surface area contributed by atoms with Gasteiger partial charge in [-0.05, 0) is 31.1 Å². The quantitative estimate of drug-likeness (QED) is 0.137. The van der Waals surface area contributed by atoms with Crippen LogP contribution >= 0.6 is 18.2 Å². The van der Waals surface area contributed by atoms with Crippen molar-refractivity contribution in [3.63, 3.8) is 0 Å². The topological polar surface area (TPSA) is 111 Å². The van der Waals surface area contributed by atoms with Crippen molar-refractivity contribution in [3.05, 3.63) is 21.0 Å². The Hall–Kier alpha value is -0.840. The molecule has 0 aliphatic heterocycles. The molecule has 1 heterocycles. The standard InChI is InChI=1S/C17H33N2O8PS/c1-4-7-9-11-13-23-26-28(22,27-24-14-12-10-8-5-2)29-15-18-16(20)19(6-3)25-17(18)21/h4-15H2,1-3H3. The van der Waals surface area contributed by atoms with Gasteiger partial charge in [0.15, 0.2) is 0 Å². The maximum atomic E-state index is 12.9. The van der Waals surface area contributed by atoms with E-state index in [1.165, 1.54) is 0 Å². The molecule has 0 amide bonds. The van der Waals surface area contributed by atoms with Crippen molar-refractivity contribution in [1.82, 2.24) is 9.31 Å². The number of unbranched alkanes of at least 4 members (excludes halogenated alkanes) is 6. The van der Waals surface area contributed by atoms with Crippen LogP contribution in [0.15, 0.2) is 14.1 Å². The lowest BCUT2D eigenvalue weighted by Crippen LogP contribution is -2.27. The summed E-state index contributed by atoms with van der Waals surface area (Å²) >= 11 is 0.616. The molecule has 0 aliphatic carbocycles. The Bertz CT molecular complexity index is 697. The van der Waals surface area contributed by atoms with Crippen molar-refractivity contribution in [1.29, 1.82) is 0 Å². The zero-order valence-corrected chi connectivity index (χ0v) is 19.2. The number of aryl methyl sites for hydroxylation is 1. The van der Waals surface area contributed by atoms with Gasteiger partial charge in [0.05, 0.1) is 25.6 Å². The fraction of sp³-hybridized carbons (Fsp3) is 0.882. The van der Waals surface area contributed by atoms with Crippen LogP contribution in [-0.2, 0) is 36.1 Å². The fourth-order valence-corrected chi connectivity index (χ4v) is 4.54. The molecular formula is C17H33N2O8PS. The van der Waals surface area contributed by atoms with E-state index in [1.807, 2.05) is 0 Å². The lowest BCUT2D eigenvalue weighted by atomic mass is 10.2. The molecule has 29 heavy (non-hydrogen) atoms. The molecule has 0 unspecified atom stereocenters. The SMILES string of the molecule is CCCCCCOOP(=O)(OOCCCCCC)SCn1c(=O)on(CC)c1=O. The van der Waals surface area contributed by atoms with Gasteiger partial charge in [-0.2, -0.15) is 4.74 Å². The smallest absolute Gasteiger partial charge is 0.317 e. The molecule has 10 nitrogen and oxygen atoms in total. The molecule has 0 radical (unpaired) electrons. The van der Waals surface area contributed by atoms with Gasteiger partial charge >= 0.3 is 18.2 Å². The van der Waals surface area contributed by atoms with Gasteiger partial charge in [-0.1, -0.05) is 52.4 Å². The van der Waals surface area contributed by atoms with E-state index in [4.69, 9.17) is 23.6 Å². The Labute approximate surface area is 174 Å². The zero-order valence-electron chi connectivity index (χ0n) is 17.5. The summed E-state index contributed by atoms with van der Waals surface area (Å²) in [5, 5.41) is 0. The summed E-state index contributed by atoms with van der Waals surface area (Å²) in [6, 6.07) is 0. The third kappa shape index (κ3) is 10.1. The summed E-state index contributed by atoms with van der Waals surface area (Å²) in [5.41, 5.74) is -0.641. The molecule has 12 heteroatoms. The summed E-state index contributed by atoms with van der Waals surface area (Å²) in [7, 11) is 0. The highest BCUT2D eigenvalue weighted by atomic mass is 32.7. The van der Waals surface area contributed by atoms with Crippen LogP contribution in [0.2, 0.25) is 0 Å². The number of rotatable bonds is 18. The van der Waals surface area contributed by atoms with E-state index < -0.39 is 18.2 Å². The van der Waals surface area contributed by atoms with Gasteiger partial charge in [0.1, 0.15) is 0 Å². The summed E-state index contributed by atoms with van der Waals surface area (Å²) < 4.78 is 29.4. The van der Waals surface area contributed by atoms with Crippen molar-refractivity contribution in [2.24, 2.45) is 0 Å². The molecule has 0 saturated heterocycles. The molecule has 0 fully saturated rings. The van der Waals surface area contributed by atoms with Gasteiger partial charge in [-0.25, -0.2) is 28.5 Å². The fourth-order valence-electron chi connectivity index (χ4n) is 2.27.